The van der Waals surface area contributed by atoms with Gasteiger partial charge >= 0.3 is 0 Å². The Morgan fingerprint density at radius 2 is 1.69 bits per heavy atom. The van der Waals surface area contributed by atoms with Crippen LogP contribution in [0, 0.1) is 0 Å². The van der Waals surface area contributed by atoms with E-state index in [2.05, 4.69) is 0 Å². The van der Waals surface area contributed by atoms with Gasteiger partial charge in [0.1, 0.15) is 26.3 Å². The second kappa shape index (κ2) is 10.2. The summed E-state index contributed by atoms with van der Waals surface area (Å²) >= 11 is 0. The molecule has 5 rings (SSSR count). The van der Waals surface area contributed by atoms with Gasteiger partial charge in [0.25, 0.3) is 5.91 Å². The van der Waals surface area contributed by atoms with Crippen LogP contribution >= 0.6 is 0 Å². The fraction of sp³-hybridized carbons (Fsp3) is 0.407. The molecular weight excluding hydrogens is 462 g/mol. The first kappa shape index (κ1) is 24.1. The number of ketones is 1. The number of carbonyl (C=O) groups excluding carboxylic acids is 2. The third-order valence-corrected chi connectivity index (χ3v) is 6.97. The molecule has 0 saturated carbocycles. The number of fused-ring (bicyclic) bond motifs is 1. The maximum atomic E-state index is 13.7. The van der Waals surface area contributed by atoms with E-state index in [-0.39, 0.29) is 5.57 Å². The Labute approximate surface area is 210 Å². The number of morpholine rings is 1. The molecular formula is C27H31N3O6. The van der Waals surface area contributed by atoms with E-state index in [1.165, 1.54) is 4.90 Å². The van der Waals surface area contributed by atoms with Gasteiger partial charge in [0.2, 0.25) is 5.78 Å². The van der Waals surface area contributed by atoms with Crippen molar-refractivity contribution >= 4 is 23.1 Å². The summed E-state index contributed by atoms with van der Waals surface area (Å²) in [5.74, 6) is -0.821. The second-order valence-electron chi connectivity index (χ2n) is 9.43. The van der Waals surface area contributed by atoms with E-state index < -0.39 is 23.5 Å². The van der Waals surface area contributed by atoms with Gasteiger partial charge in [-0.2, -0.15) is 0 Å². The van der Waals surface area contributed by atoms with E-state index in [1.54, 1.807) is 23.1 Å². The van der Waals surface area contributed by atoms with Crippen molar-refractivity contribution in [3.8, 4) is 11.5 Å². The standard InChI is InChI=1S/C27H31N3O6/c1-28(2)20-6-3-18(4-7-20)24-23(25(31)19-5-8-21-22(17-19)36-16-15-35-21)26(32)27(33)30(24)10-9-29-11-13-34-14-12-29/h3-8,17,24,31H,9-16H2,1-2H3. The van der Waals surface area contributed by atoms with E-state index in [4.69, 9.17) is 14.2 Å². The van der Waals surface area contributed by atoms with Gasteiger partial charge in [-0.3, -0.25) is 9.59 Å². The summed E-state index contributed by atoms with van der Waals surface area (Å²) in [6.07, 6.45) is 0. The SMILES string of the molecule is CN(C)c1ccc(C2C(=C([O-])c3ccc4c(c3)OCCO4)C(=O)C(=O)N2CC[NH+]2CCOCC2)cc1. The molecule has 0 bridgehead atoms. The van der Waals surface area contributed by atoms with Crippen LogP contribution in [0.15, 0.2) is 48.0 Å². The number of carbonyl (C=O) groups is 2. The summed E-state index contributed by atoms with van der Waals surface area (Å²) in [5, 5.41) is 13.7. The molecule has 0 radical (unpaired) electrons. The van der Waals surface area contributed by atoms with Crippen molar-refractivity contribution in [1.82, 2.24) is 4.90 Å². The number of hydrogen-bond donors (Lipinski definition) is 1. The number of anilines is 1. The highest BCUT2D eigenvalue weighted by Crippen LogP contribution is 2.40. The molecule has 2 aromatic rings. The normalized spacial score (nSPS) is 21.6. The number of nitrogens with zero attached hydrogens (tertiary/aromatic N) is 2. The molecule has 0 spiro atoms. The smallest absolute Gasteiger partial charge is 0.295 e. The van der Waals surface area contributed by atoms with Crippen molar-refractivity contribution in [3.05, 3.63) is 59.2 Å². The molecule has 2 saturated heterocycles. The van der Waals surface area contributed by atoms with Crippen LogP contribution in [0.2, 0.25) is 0 Å². The first-order valence-corrected chi connectivity index (χ1v) is 12.3. The van der Waals surface area contributed by atoms with Crippen LogP contribution in [-0.2, 0) is 14.3 Å². The average molecular weight is 494 g/mol. The fourth-order valence-electron chi connectivity index (χ4n) is 4.93. The lowest BCUT2D eigenvalue weighted by atomic mass is 9.95. The molecule has 1 N–H and O–H groups in total. The Hall–Kier alpha value is -3.56. The van der Waals surface area contributed by atoms with Crippen LogP contribution < -0.4 is 24.4 Å². The molecule has 1 amide bonds. The van der Waals surface area contributed by atoms with Crippen molar-refractivity contribution in [2.75, 3.05) is 71.6 Å². The van der Waals surface area contributed by atoms with Crippen LogP contribution in [-0.4, -0.2) is 83.3 Å². The predicted octanol–water partition coefficient (Wildman–Crippen LogP) is -0.337. The Balaban J connectivity index is 1.53. The monoisotopic (exact) mass is 493 g/mol. The number of likely N-dealkylation sites (tertiary alicyclic amines) is 1. The number of benzene rings is 2. The minimum absolute atomic E-state index is 0.0220. The summed E-state index contributed by atoms with van der Waals surface area (Å²) in [6, 6.07) is 11.8. The van der Waals surface area contributed by atoms with E-state index in [9.17, 15) is 14.7 Å². The molecule has 2 aromatic carbocycles. The summed E-state index contributed by atoms with van der Waals surface area (Å²) in [7, 11) is 3.88. The molecule has 9 nitrogen and oxygen atoms in total. The maximum absolute atomic E-state index is 13.7. The zero-order valence-corrected chi connectivity index (χ0v) is 20.6. The van der Waals surface area contributed by atoms with E-state index in [0.717, 1.165) is 24.3 Å². The van der Waals surface area contributed by atoms with Crippen LogP contribution in [0.5, 0.6) is 11.5 Å². The van der Waals surface area contributed by atoms with Gasteiger partial charge in [0, 0.05) is 25.4 Å². The molecule has 190 valence electrons. The van der Waals surface area contributed by atoms with Crippen molar-refractivity contribution in [2.24, 2.45) is 0 Å². The van der Waals surface area contributed by atoms with Crippen LogP contribution in [0.1, 0.15) is 17.2 Å². The van der Waals surface area contributed by atoms with Gasteiger partial charge in [0.05, 0.1) is 32.3 Å². The lowest BCUT2D eigenvalue weighted by Crippen LogP contribution is -3.14. The van der Waals surface area contributed by atoms with Crippen molar-refractivity contribution in [3.63, 3.8) is 0 Å². The lowest BCUT2D eigenvalue weighted by Gasteiger charge is -2.30. The predicted molar refractivity (Wildman–Crippen MR) is 131 cm³/mol. The van der Waals surface area contributed by atoms with Gasteiger partial charge < -0.3 is 34.0 Å². The second-order valence-corrected chi connectivity index (χ2v) is 9.43. The van der Waals surface area contributed by atoms with Gasteiger partial charge in [0.15, 0.2) is 11.5 Å². The average Bonchev–Trinajstić information content (AvgIpc) is 3.16. The number of Topliss-reactive ketones (excluding diaryl/α,β-unsaturated/α-hetero) is 1. The van der Waals surface area contributed by atoms with Crippen LogP contribution in [0.25, 0.3) is 5.76 Å². The van der Waals surface area contributed by atoms with Gasteiger partial charge in [-0.15, -0.1) is 0 Å². The Morgan fingerprint density at radius 1 is 1.00 bits per heavy atom. The van der Waals surface area contributed by atoms with E-state index in [1.807, 2.05) is 43.3 Å². The molecule has 3 heterocycles. The third-order valence-electron chi connectivity index (χ3n) is 6.97. The fourth-order valence-corrected chi connectivity index (χ4v) is 4.93. The number of hydrogen-bond acceptors (Lipinski definition) is 7. The van der Waals surface area contributed by atoms with E-state index in [0.29, 0.717) is 56.6 Å². The van der Waals surface area contributed by atoms with Gasteiger partial charge in [-0.1, -0.05) is 24.0 Å². The summed E-state index contributed by atoms with van der Waals surface area (Å²) in [6.45, 7) is 4.94. The van der Waals surface area contributed by atoms with Crippen LogP contribution in [0.4, 0.5) is 5.69 Å². The summed E-state index contributed by atoms with van der Waals surface area (Å²) < 4.78 is 16.6. The van der Waals surface area contributed by atoms with Gasteiger partial charge in [-0.05, 0) is 35.4 Å². The summed E-state index contributed by atoms with van der Waals surface area (Å²) in [4.78, 5) is 31.4. The molecule has 3 aliphatic heterocycles. The Kier molecular flexibility index (Phi) is 6.84. The minimum atomic E-state index is -0.748. The topological polar surface area (TPSA) is 95.8 Å². The largest absolute Gasteiger partial charge is 0.872 e. The molecule has 1 unspecified atom stereocenters. The zero-order chi connectivity index (χ0) is 25.2. The van der Waals surface area contributed by atoms with Crippen molar-refractivity contribution < 1.29 is 33.8 Å². The highest BCUT2D eigenvalue weighted by molar-refractivity contribution is 6.46. The third kappa shape index (κ3) is 4.64. The number of ether oxygens (including phenoxy) is 3. The molecule has 2 fully saturated rings. The van der Waals surface area contributed by atoms with Crippen molar-refractivity contribution in [2.45, 2.75) is 6.04 Å². The lowest BCUT2D eigenvalue weighted by molar-refractivity contribution is -0.907. The molecule has 9 heteroatoms. The first-order valence-electron chi connectivity index (χ1n) is 12.3. The maximum Gasteiger partial charge on any atom is 0.295 e. The Bertz CT molecular complexity index is 1170. The molecule has 1 atom stereocenters. The number of amides is 1. The number of nitrogens with one attached hydrogen (secondary N) is 1. The van der Waals surface area contributed by atoms with Crippen LogP contribution in [0.3, 0.4) is 0 Å². The molecule has 0 aliphatic carbocycles. The molecule has 36 heavy (non-hydrogen) atoms. The highest BCUT2D eigenvalue weighted by atomic mass is 16.6. The van der Waals surface area contributed by atoms with Gasteiger partial charge in [-0.25, -0.2) is 0 Å². The number of quaternary nitrogens is 1. The minimum Gasteiger partial charge on any atom is -0.872 e. The zero-order valence-electron chi connectivity index (χ0n) is 20.6. The molecule has 0 aromatic heterocycles. The highest BCUT2D eigenvalue weighted by Gasteiger charge is 2.44. The summed E-state index contributed by atoms with van der Waals surface area (Å²) in [5.41, 5.74) is 1.99. The van der Waals surface area contributed by atoms with Crippen molar-refractivity contribution in [1.29, 1.82) is 0 Å². The Morgan fingerprint density at radius 3 is 2.39 bits per heavy atom. The quantitative estimate of drug-likeness (QED) is 0.334. The first-order chi connectivity index (χ1) is 17.4. The number of rotatable bonds is 6. The van der Waals surface area contributed by atoms with E-state index >= 15 is 0 Å². The molecule has 3 aliphatic rings.